The van der Waals surface area contributed by atoms with Crippen molar-refractivity contribution >= 4 is 23.5 Å². The lowest BCUT2D eigenvalue weighted by molar-refractivity contribution is -0.138. The molecule has 11 heteroatoms. The second-order valence-electron chi connectivity index (χ2n) is 7.51. The van der Waals surface area contributed by atoms with E-state index < -0.39 is 23.5 Å². The van der Waals surface area contributed by atoms with Crippen LogP contribution >= 0.6 is 0 Å². The van der Waals surface area contributed by atoms with Crippen molar-refractivity contribution in [3.8, 4) is 0 Å². The SMILES string of the molecule is CC(C)C(=O)Nc1cc(C(=O)N[C@@H]2CCN(c3ncc(C(F)(F)F)cc3F)C2)ccn1. The van der Waals surface area contributed by atoms with Crippen molar-refractivity contribution in [1.82, 2.24) is 15.3 Å². The van der Waals surface area contributed by atoms with E-state index in [2.05, 4.69) is 20.6 Å². The number of hydrogen-bond acceptors (Lipinski definition) is 5. The van der Waals surface area contributed by atoms with Crippen molar-refractivity contribution in [3.05, 3.63) is 47.5 Å². The molecule has 2 aromatic rings. The normalized spacial score (nSPS) is 16.5. The van der Waals surface area contributed by atoms with Crippen molar-refractivity contribution in [2.45, 2.75) is 32.5 Å². The number of rotatable bonds is 5. The average Bonchev–Trinajstić information content (AvgIpc) is 3.15. The third-order valence-electron chi connectivity index (χ3n) is 4.77. The maximum absolute atomic E-state index is 14.2. The van der Waals surface area contributed by atoms with Crippen LogP contribution in [-0.2, 0) is 11.0 Å². The van der Waals surface area contributed by atoms with E-state index in [1.165, 1.54) is 23.2 Å². The molecule has 0 radical (unpaired) electrons. The van der Waals surface area contributed by atoms with Crippen LogP contribution in [0.5, 0.6) is 0 Å². The quantitative estimate of drug-likeness (QED) is 0.699. The molecule has 0 aliphatic carbocycles. The van der Waals surface area contributed by atoms with E-state index in [1.807, 2.05) is 0 Å². The van der Waals surface area contributed by atoms with E-state index >= 15 is 0 Å². The fourth-order valence-electron chi connectivity index (χ4n) is 3.07. The standard InChI is InChI=1S/C20H21F4N5O2/c1-11(2)18(30)28-16-7-12(3-5-25-16)19(31)27-14-4-6-29(10-14)17-15(21)8-13(9-26-17)20(22,23)24/h3,5,7-9,11,14H,4,6,10H2,1-2H3,(H,27,31)(H,25,28,30)/t14-/m1/s1. The second-order valence-corrected chi connectivity index (χ2v) is 7.51. The number of halogens is 4. The molecule has 0 aromatic carbocycles. The molecular weight excluding hydrogens is 418 g/mol. The van der Waals surface area contributed by atoms with Crippen LogP contribution in [0.3, 0.4) is 0 Å². The van der Waals surface area contributed by atoms with Crippen molar-refractivity contribution in [2.24, 2.45) is 5.92 Å². The minimum Gasteiger partial charge on any atom is -0.352 e. The van der Waals surface area contributed by atoms with E-state index in [0.717, 1.165) is 0 Å². The Kier molecular flexibility index (Phi) is 6.42. The van der Waals surface area contributed by atoms with Gasteiger partial charge in [-0.25, -0.2) is 14.4 Å². The van der Waals surface area contributed by atoms with Gasteiger partial charge in [0.05, 0.1) is 5.56 Å². The van der Waals surface area contributed by atoms with E-state index in [0.29, 0.717) is 25.2 Å². The molecule has 0 saturated carbocycles. The molecule has 0 unspecified atom stereocenters. The molecule has 31 heavy (non-hydrogen) atoms. The van der Waals surface area contributed by atoms with Gasteiger partial charge in [0.15, 0.2) is 11.6 Å². The summed E-state index contributed by atoms with van der Waals surface area (Å²) in [7, 11) is 0. The average molecular weight is 439 g/mol. The maximum atomic E-state index is 14.2. The Morgan fingerprint density at radius 1 is 1.23 bits per heavy atom. The zero-order valence-electron chi connectivity index (χ0n) is 16.8. The van der Waals surface area contributed by atoms with E-state index in [1.54, 1.807) is 13.8 Å². The summed E-state index contributed by atoms with van der Waals surface area (Å²) in [6, 6.07) is 3.00. The topological polar surface area (TPSA) is 87.2 Å². The lowest BCUT2D eigenvalue weighted by atomic mass is 10.2. The molecule has 2 aromatic heterocycles. The van der Waals surface area contributed by atoms with Crippen LogP contribution in [0.4, 0.5) is 29.2 Å². The van der Waals surface area contributed by atoms with Crippen molar-refractivity contribution < 1.29 is 27.2 Å². The van der Waals surface area contributed by atoms with Gasteiger partial charge >= 0.3 is 6.18 Å². The van der Waals surface area contributed by atoms with Gasteiger partial charge in [-0.1, -0.05) is 13.8 Å². The van der Waals surface area contributed by atoms with Crippen LogP contribution in [0.2, 0.25) is 0 Å². The first-order chi connectivity index (χ1) is 14.5. The van der Waals surface area contributed by atoms with Crippen molar-refractivity contribution in [2.75, 3.05) is 23.3 Å². The zero-order valence-corrected chi connectivity index (χ0v) is 16.8. The minimum atomic E-state index is -4.67. The molecule has 3 rings (SSSR count). The molecule has 166 valence electrons. The first-order valence-corrected chi connectivity index (χ1v) is 9.60. The molecule has 1 atom stereocenters. The summed E-state index contributed by atoms with van der Waals surface area (Å²) in [5.74, 6) is -1.90. The number of hydrogen-bond donors (Lipinski definition) is 2. The van der Waals surface area contributed by atoms with Gasteiger partial charge in [-0.05, 0) is 24.6 Å². The summed E-state index contributed by atoms with van der Waals surface area (Å²) in [4.78, 5) is 33.5. The van der Waals surface area contributed by atoms with Gasteiger partial charge < -0.3 is 15.5 Å². The van der Waals surface area contributed by atoms with Crippen LogP contribution in [0.1, 0.15) is 36.2 Å². The van der Waals surface area contributed by atoms with Gasteiger partial charge in [0.2, 0.25) is 5.91 Å². The molecule has 0 spiro atoms. The molecule has 2 amide bonds. The molecule has 3 heterocycles. The lowest BCUT2D eigenvalue weighted by Crippen LogP contribution is -2.37. The largest absolute Gasteiger partial charge is 0.417 e. The Labute approximate surface area is 175 Å². The first-order valence-electron chi connectivity index (χ1n) is 9.60. The highest BCUT2D eigenvalue weighted by molar-refractivity contribution is 5.97. The second kappa shape index (κ2) is 8.86. The number of carbonyl (C=O) groups excluding carboxylic acids is 2. The fourth-order valence-corrected chi connectivity index (χ4v) is 3.07. The van der Waals surface area contributed by atoms with Gasteiger partial charge in [-0.2, -0.15) is 13.2 Å². The van der Waals surface area contributed by atoms with Gasteiger partial charge in [-0.15, -0.1) is 0 Å². The van der Waals surface area contributed by atoms with Gasteiger partial charge in [0, 0.05) is 43.0 Å². The Morgan fingerprint density at radius 3 is 2.61 bits per heavy atom. The summed E-state index contributed by atoms with van der Waals surface area (Å²) >= 11 is 0. The number of carbonyl (C=O) groups is 2. The number of aromatic nitrogens is 2. The van der Waals surface area contributed by atoms with Gasteiger partial charge in [-0.3, -0.25) is 9.59 Å². The highest BCUT2D eigenvalue weighted by atomic mass is 19.4. The van der Waals surface area contributed by atoms with Crippen LogP contribution in [0.15, 0.2) is 30.6 Å². The maximum Gasteiger partial charge on any atom is 0.417 e. The minimum absolute atomic E-state index is 0.188. The monoisotopic (exact) mass is 439 g/mol. The van der Waals surface area contributed by atoms with Crippen LogP contribution in [0, 0.1) is 11.7 Å². The Hall–Kier alpha value is -3.24. The molecule has 1 aliphatic rings. The summed E-state index contributed by atoms with van der Waals surface area (Å²) in [5, 5.41) is 5.41. The third kappa shape index (κ3) is 5.47. The predicted octanol–water partition coefficient (Wildman–Crippen LogP) is 3.24. The Balaban J connectivity index is 1.63. The van der Waals surface area contributed by atoms with Crippen LogP contribution in [-0.4, -0.2) is 40.9 Å². The number of nitrogens with zero attached hydrogens (tertiary/aromatic N) is 3. The summed E-state index contributed by atoms with van der Waals surface area (Å²) in [6.45, 7) is 3.98. The summed E-state index contributed by atoms with van der Waals surface area (Å²) in [5.41, 5.74) is -0.873. The lowest BCUT2D eigenvalue weighted by Gasteiger charge is -2.19. The number of amides is 2. The van der Waals surface area contributed by atoms with Crippen molar-refractivity contribution in [3.63, 3.8) is 0 Å². The van der Waals surface area contributed by atoms with E-state index in [9.17, 15) is 27.2 Å². The fraction of sp³-hybridized carbons (Fsp3) is 0.400. The number of nitrogens with one attached hydrogen (secondary N) is 2. The van der Waals surface area contributed by atoms with E-state index in [4.69, 9.17) is 0 Å². The summed E-state index contributed by atoms with van der Waals surface area (Å²) in [6.07, 6.45) is -2.22. The van der Waals surface area contributed by atoms with Crippen molar-refractivity contribution in [1.29, 1.82) is 0 Å². The highest BCUT2D eigenvalue weighted by Gasteiger charge is 2.33. The predicted molar refractivity (Wildman–Crippen MR) is 105 cm³/mol. The van der Waals surface area contributed by atoms with Gasteiger partial charge in [0.25, 0.3) is 5.91 Å². The van der Waals surface area contributed by atoms with Gasteiger partial charge in [0.1, 0.15) is 5.82 Å². The third-order valence-corrected chi connectivity index (χ3v) is 4.77. The smallest absolute Gasteiger partial charge is 0.352 e. The summed E-state index contributed by atoms with van der Waals surface area (Å²) < 4.78 is 52.2. The number of alkyl halides is 3. The Morgan fingerprint density at radius 2 is 1.97 bits per heavy atom. The van der Waals surface area contributed by atoms with Crippen LogP contribution in [0.25, 0.3) is 0 Å². The molecular formula is C20H21F4N5O2. The number of pyridine rings is 2. The molecule has 7 nitrogen and oxygen atoms in total. The molecule has 1 saturated heterocycles. The van der Waals surface area contributed by atoms with E-state index in [-0.39, 0.29) is 41.6 Å². The van der Waals surface area contributed by atoms with Crippen LogP contribution < -0.4 is 15.5 Å². The first kappa shape index (κ1) is 22.4. The molecule has 2 N–H and O–H groups in total. The Bertz CT molecular complexity index is 980. The highest BCUT2D eigenvalue weighted by Crippen LogP contribution is 2.31. The number of anilines is 2. The molecule has 1 aliphatic heterocycles. The molecule has 0 bridgehead atoms. The zero-order chi connectivity index (χ0) is 22.8. The molecule has 1 fully saturated rings.